The predicted molar refractivity (Wildman–Crippen MR) is 85.2 cm³/mol. The van der Waals surface area contributed by atoms with Crippen molar-refractivity contribution in [1.82, 2.24) is 0 Å². The Kier molecular flexibility index (Phi) is 3.86. The first-order chi connectivity index (χ1) is 10.6. The first-order valence-corrected chi connectivity index (χ1v) is 7.40. The molecule has 1 amide bonds. The van der Waals surface area contributed by atoms with Crippen LogP contribution in [0.15, 0.2) is 36.4 Å². The third-order valence-electron chi connectivity index (χ3n) is 4.05. The minimum absolute atomic E-state index is 0.0118. The van der Waals surface area contributed by atoms with Crippen LogP contribution >= 0.6 is 0 Å². The molecule has 1 atom stereocenters. The summed E-state index contributed by atoms with van der Waals surface area (Å²) >= 11 is 0. The number of methoxy groups -OCH3 is 1. The quantitative estimate of drug-likeness (QED) is 0.912. The van der Waals surface area contributed by atoms with Crippen LogP contribution in [0.5, 0.6) is 5.75 Å². The van der Waals surface area contributed by atoms with Crippen LogP contribution in [-0.4, -0.2) is 18.1 Å². The molecular formula is C18H19NO3. The number of nitrogens with one attached hydrogen (secondary N) is 1. The zero-order valence-corrected chi connectivity index (χ0v) is 12.7. The molecule has 0 aromatic heterocycles. The topological polar surface area (TPSA) is 58.6 Å². The number of ether oxygens (including phenoxy) is 1. The average molecular weight is 297 g/mol. The van der Waals surface area contributed by atoms with E-state index in [0.717, 1.165) is 34.4 Å². The van der Waals surface area contributed by atoms with Gasteiger partial charge in [0.15, 0.2) is 0 Å². The molecule has 22 heavy (non-hydrogen) atoms. The molecule has 0 radical (unpaired) electrons. The zero-order valence-electron chi connectivity index (χ0n) is 12.7. The van der Waals surface area contributed by atoms with Crippen LogP contribution in [0.4, 0.5) is 5.69 Å². The van der Waals surface area contributed by atoms with E-state index in [1.807, 2.05) is 43.3 Å². The Balaban J connectivity index is 2.01. The molecular weight excluding hydrogens is 278 g/mol. The Bertz CT molecular complexity index is 724. The van der Waals surface area contributed by atoms with Gasteiger partial charge in [-0.3, -0.25) is 4.79 Å². The van der Waals surface area contributed by atoms with E-state index in [1.165, 1.54) is 0 Å². The number of aliphatic hydroxyl groups is 1. The minimum Gasteiger partial charge on any atom is -0.497 e. The third-order valence-corrected chi connectivity index (χ3v) is 4.05. The van der Waals surface area contributed by atoms with Gasteiger partial charge in [0.2, 0.25) is 5.91 Å². The number of anilines is 1. The molecule has 0 saturated heterocycles. The lowest BCUT2D eigenvalue weighted by Gasteiger charge is -2.16. The van der Waals surface area contributed by atoms with Crippen molar-refractivity contribution in [3.05, 3.63) is 58.7 Å². The van der Waals surface area contributed by atoms with Crippen molar-refractivity contribution in [2.75, 3.05) is 12.4 Å². The predicted octanol–water partition coefficient (Wildman–Crippen LogP) is 2.83. The second-order valence-corrected chi connectivity index (χ2v) is 5.47. The van der Waals surface area contributed by atoms with Gasteiger partial charge >= 0.3 is 0 Å². The van der Waals surface area contributed by atoms with Crippen molar-refractivity contribution < 1.29 is 14.6 Å². The van der Waals surface area contributed by atoms with Gasteiger partial charge < -0.3 is 15.2 Å². The van der Waals surface area contributed by atoms with E-state index in [2.05, 4.69) is 5.32 Å². The maximum absolute atomic E-state index is 11.6. The number of aryl methyl sites for hydroxylation is 1. The van der Waals surface area contributed by atoms with Crippen LogP contribution in [0.1, 0.15) is 35.3 Å². The average Bonchev–Trinajstić information content (AvgIpc) is 2.93. The van der Waals surface area contributed by atoms with Crippen LogP contribution in [0.2, 0.25) is 0 Å². The molecule has 4 heteroatoms. The highest BCUT2D eigenvalue weighted by Gasteiger charge is 2.23. The molecule has 2 aromatic carbocycles. The van der Waals surface area contributed by atoms with Crippen LogP contribution in [0.3, 0.4) is 0 Å². The molecule has 3 rings (SSSR count). The number of aliphatic hydroxyl groups excluding tert-OH is 1. The molecule has 114 valence electrons. The van der Waals surface area contributed by atoms with Crippen LogP contribution in [0, 0.1) is 0 Å². The van der Waals surface area contributed by atoms with Crippen LogP contribution < -0.4 is 10.1 Å². The largest absolute Gasteiger partial charge is 0.497 e. The van der Waals surface area contributed by atoms with Crippen molar-refractivity contribution in [1.29, 1.82) is 0 Å². The summed E-state index contributed by atoms with van der Waals surface area (Å²) in [6.45, 7) is 2.04. The Morgan fingerprint density at radius 1 is 1.27 bits per heavy atom. The summed E-state index contributed by atoms with van der Waals surface area (Å²) in [5.41, 5.74) is 4.51. The van der Waals surface area contributed by atoms with Gasteiger partial charge in [-0.2, -0.15) is 0 Å². The number of carbonyl (C=O) groups excluding carboxylic acids is 1. The fourth-order valence-corrected chi connectivity index (χ4v) is 2.89. The van der Waals surface area contributed by atoms with E-state index >= 15 is 0 Å². The molecule has 4 nitrogen and oxygen atoms in total. The van der Waals surface area contributed by atoms with E-state index < -0.39 is 6.10 Å². The molecule has 1 aliphatic rings. The Morgan fingerprint density at radius 3 is 2.82 bits per heavy atom. The summed E-state index contributed by atoms with van der Waals surface area (Å²) < 4.78 is 5.21. The summed E-state index contributed by atoms with van der Waals surface area (Å²) in [5.74, 6) is 0.725. The molecule has 1 aliphatic heterocycles. The van der Waals surface area contributed by atoms with Gasteiger partial charge in [0, 0.05) is 5.69 Å². The maximum Gasteiger partial charge on any atom is 0.228 e. The normalized spacial score (nSPS) is 14.4. The SMILES string of the molecule is CCc1cc(C(O)c2cccc(OC)c2)cc2c1NC(=O)C2. The fourth-order valence-electron chi connectivity index (χ4n) is 2.89. The van der Waals surface area contributed by atoms with E-state index in [1.54, 1.807) is 7.11 Å². The number of benzene rings is 2. The minimum atomic E-state index is -0.735. The lowest BCUT2D eigenvalue weighted by atomic mass is 9.95. The molecule has 0 fully saturated rings. The monoisotopic (exact) mass is 297 g/mol. The van der Waals surface area contributed by atoms with Gasteiger partial charge in [-0.15, -0.1) is 0 Å². The van der Waals surface area contributed by atoms with Crippen molar-refractivity contribution in [3.8, 4) is 5.75 Å². The summed E-state index contributed by atoms with van der Waals surface area (Å²) in [7, 11) is 1.60. The highest BCUT2D eigenvalue weighted by atomic mass is 16.5. The molecule has 1 heterocycles. The third kappa shape index (κ3) is 2.57. The number of carbonyl (C=O) groups is 1. The highest BCUT2D eigenvalue weighted by molar-refractivity contribution is 6.00. The van der Waals surface area contributed by atoms with Gasteiger partial charge in [-0.25, -0.2) is 0 Å². The molecule has 2 aromatic rings. The van der Waals surface area contributed by atoms with Crippen molar-refractivity contribution in [2.45, 2.75) is 25.9 Å². The van der Waals surface area contributed by atoms with Gasteiger partial charge in [-0.05, 0) is 40.8 Å². The van der Waals surface area contributed by atoms with E-state index in [9.17, 15) is 9.90 Å². The van der Waals surface area contributed by atoms with Gasteiger partial charge in [0.05, 0.1) is 13.5 Å². The number of rotatable bonds is 4. The molecule has 0 bridgehead atoms. The summed E-state index contributed by atoms with van der Waals surface area (Å²) in [4.78, 5) is 11.6. The van der Waals surface area contributed by atoms with Crippen LogP contribution in [-0.2, 0) is 17.6 Å². The van der Waals surface area contributed by atoms with E-state index in [4.69, 9.17) is 4.74 Å². The first kappa shape index (κ1) is 14.6. The zero-order chi connectivity index (χ0) is 15.7. The Hall–Kier alpha value is -2.33. The molecule has 0 aliphatic carbocycles. The van der Waals surface area contributed by atoms with Crippen molar-refractivity contribution >= 4 is 11.6 Å². The van der Waals surface area contributed by atoms with E-state index in [-0.39, 0.29) is 5.91 Å². The second-order valence-electron chi connectivity index (χ2n) is 5.47. The second kappa shape index (κ2) is 5.81. The number of hydrogen-bond donors (Lipinski definition) is 2. The Labute approximate surface area is 129 Å². The first-order valence-electron chi connectivity index (χ1n) is 7.40. The highest BCUT2D eigenvalue weighted by Crippen LogP contribution is 2.33. The molecule has 0 saturated carbocycles. The molecule has 1 unspecified atom stereocenters. The summed E-state index contributed by atoms with van der Waals surface area (Å²) in [6, 6.07) is 11.3. The lowest BCUT2D eigenvalue weighted by molar-refractivity contribution is -0.115. The fraction of sp³-hybridized carbons (Fsp3) is 0.278. The smallest absolute Gasteiger partial charge is 0.228 e. The van der Waals surface area contributed by atoms with Gasteiger partial charge in [-0.1, -0.05) is 31.2 Å². The molecule has 0 spiro atoms. The standard InChI is InChI=1S/C18H19NO3/c1-3-11-7-14(8-13-10-16(20)19-17(11)13)18(21)12-5-4-6-15(9-12)22-2/h4-9,18,21H,3,10H2,1-2H3,(H,19,20). The van der Waals surface area contributed by atoms with Crippen molar-refractivity contribution in [3.63, 3.8) is 0 Å². The summed E-state index contributed by atoms with van der Waals surface area (Å²) in [6.07, 6.45) is 0.448. The maximum atomic E-state index is 11.6. The van der Waals surface area contributed by atoms with Gasteiger partial charge in [0.25, 0.3) is 0 Å². The van der Waals surface area contributed by atoms with Crippen LogP contribution in [0.25, 0.3) is 0 Å². The van der Waals surface area contributed by atoms with Gasteiger partial charge in [0.1, 0.15) is 11.9 Å². The number of amides is 1. The van der Waals surface area contributed by atoms with Crippen molar-refractivity contribution in [2.24, 2.45) is 0 Å². The number of fused-ring (bicyclic) bond motifs is 1. The molecule has 2 N–H and O–H groups in total. The lowest BCUT2D eigenvalue weighted by Crippen LogP contribution is -2.05. The van der Waals surface area contributed by atoms with E-state index in [0.29, 0.717) is 12.2 Å². The number of hydrogen-bond acceptors (Lipinski definition) is 3. The summed E-state index contributed by atoms with van der Waals surface area (Å²) in [5, 5.41) is 13.6. The Morgan fingerprint density at radius 2 is 2.09 bits per heavy atom.